The molecule has 0 heterocycles. The number of ether oxygens (including phenoxy) is 2. The summed E-state index contributed by atoms with van der Waals surface area (Å²) in [6.07, 6.45) is 0. The molecule has 6 heteroatoms. The van der Waals surface area contributed by atoms with Crippen molar-refractivity contribution in [2.24, 2.45) is 11.5 Å². The lowest BCUT2D eigenvalue weighted by molar-refractivity contribution is 0.0978. The third kappa shape index (κ3) is 2.89. The molecule has 1 aliphatic rings. The summed E-state index contributed by atoms with van der Waals surface area (Å²) >= 11 is 0. The summed E-state index contributed by atoms with van der Waals surface area (Å²) in [7, 11) is 0. The molecule has 6 nitrogen and oxygen atoms in total. The smallest absolute Gasteiger partial charge is 0.194 e. The number of ketones is 2. The molecule has 4 N–H and O–H groups in total. The maximum Gasteiger partial charge on any atom is 0.194 e. The summed E-state index contributed by atoms with van der Waals surface area (Å²) in [4.78, 5) is 25.4. The summed E-state index contributed by atoms with van der Waals surface area (Å²) < 4.78 is 10.9. The largest absolute Gasteiger partial charge is 0.492 e. The summed E-state index contributed by atoms with van der Waals surface area (Å²) in [5.74, 6) is 0.629. The Bertz CT molecular complexity index is 734. The monoisotopic (exact) mass is 326 g/mol. The van der Waals surface area contributed by atoms with Crippen LogP contribution in [0.1, 0.15) is 31.8 Å². The van der Waals surface area contributed by atoms with Gasteiger partial charge in [-0.2, -0.15) is 0 Å². The van der Waals surface area contributed by atoms with Crippen LogP contribution < -0.4 is 20.9 Å². The van der Waals surface area contributed by atoms with Gasteiger partial charge in [0, 0.05) is 35.3 Å². The number of carbonyl (C=O) groups excluding carboxylic acids is 2. The molecule has 124 valence electrons. The normalized spacial score (nSPS) is 12.6. The number of nitrogens with two attached hydrogens (primary N) is 2. The Kier molecular flexibility index (Phi) is 4.59. The molecule has 0 saturated carbocycles. The van der Waals surface area contributed by atoms with Gasteiger partial charge in [-0.1, -0.05) is 0 Å². The molecule has 0 amide bonds. The van der Waals surface area contributed by atoms with Gasteiger partial charge < -0.3 is 20.9 Å². The summed E-state index contributed by atoms with van der Waals surface area (Å²) in [6.45, 7) is 1.44. The molecule has 0 radical (unpaired) electrons. The lowest BCUT2D eigenvalue weighted by Gasteiger charge is -2.19. The Morgan fingerprint density at radius 1 is 0.667 bits per heavy atom. The Hall–Kier alpha value is -2.70. The van der Waals surface area contributed by atoms with Gasteiger partial charge in [-0.25, -0.2) is 0 Å². The van der Waals surface area contributed by atoms with E-state index < -0.39 is 0 Å². The fraction of sp³-hybridized carbons (Fsp3) is 0.222. The lowest BCUT2D eigenvalue weighted by Crippen LogP contribution is -2.21. The quantitative estimate of drug-likeness (QED) is 0.704. The van der Waals surface area contributed by atoms with Crippen LogP contribution in [0.15, 0.2) is 36.4 Å². The van der Waals surface area contributed by atoms with E-state index in [0.717, 1.165) is 0 Å². The minimum atomic E-state index is -0.205. The molecule has 0 unspecified atom stereocenters. The average molecular weight is 326 g/mol. The molecular weight excluding hydrogens is 308 g/mol. The van der Waals surface area contributed by atoms with Gasteiger partial charge in [0.1, 0.15) is 24.7 Å². The molecule has 0 bridgehead atoms. The maximum absolute atomic E-state index is 12.7. The second-order valence-electron chi connectivity index (χ2n) is 5.35. The molecule has 2 aromatic carbocycles. The van der Waals surface area contributed by atoms with E-state index in [1.807, 2.05) is 0 Å². The first kappa shape index (κ1) is 16.2. The predicted octanol–water partition coefficient (Wildman–Crippen LogP) is 1.14. The molecular formula is C18H18N2O4. The number of hydrogen-bond acceptors (Lipinski definition) is 6. The SMILES string of the molecule is NCCOc1ccc2c(c1)C(=O)c1ccc(OCCN)cc1C2=O. The molecule has 0 saturated heterocycles. The second kappa shape index (κ2) is 6.82. The first-order chi connectivity index (χ1) is 11.7. The Morgan fingerprint density at radius 3 is 1.46 bits per heavy atom. The van der Waals surface area contributed by atoms with Gasteiger partial charge in [-0.05, 0) is 36.4 Å². The minimum Gasteiger partial charge on any atom is -0.492 e. The molecule has 24 heavy (non-hydrogen) atoms. The zero-order valence-electron chi connectivity index (χ0n) is 13.1. The van der Waals surface area contributed by atoms with E-state index in [-0.39, 0.29) is 11.6 Å². The van der Waals surface area contributed by atoms with E-state index >= 15 is 0 Å². The highest BCUT2D eigenvalue weighted by Gasteiger charge is 2.30. The fourth-order valence-electron chi connectivity index (χ4n) is 2.64. The highest BCUT2D eigenvalue weighted by atomic mass is 16.5. The Balaban J connectivity index is 1.98. The van der Waals surface area contributed by atoms with Crippen molar-refractivity contribution in [3.63, 3.8) is 0 Å². The van der Waals surface area contributed by atoms with E-state index in [2.05, 4.69) is 0 Å². The molecule has 2 aromatic rings. The molecule has 0 aliphatic heterocycles. The predicted molar refractivity (Wildman–Crippen MR) is 88.8 cm³/mol. The maximum atomic E-state index is 12.7. The molecule has 0 fully saturated rings. The van der Waals surface area contributed by atoms with Gasteiger partial charge in [0.25, 0.3) is 0 Å². The van der Waals surface area contributed by atoms with E-state index in [9.17, 15) is 9.59 Å². The Morgan fingerprint density at radius 2 is 1.08 bits per heavy atom. The number of carbonyl (C=O) groups is 2. The third-order valence-corrected chi connectivity index (χ3v) is 3.73. The molecule has 0 spiro atoms. The molecule has 1 aliphatic carbocycles. The van der Waals surface area contributed by atoms with Crippen LogP contribution in [0.4, 0.5) is 0 Å². The number of benzene rings is 2. The van der Waals surface area contributed by atoms with Crippen molar-refractivity contribution >= 4 is 11.6 Å². The van der Waals surface area contributed by atoms with Crippen LogP contribution in [0.25, 0.3) is 0 Å². The standard InChI is InChI=1S/C18H18N2O4/c19-5-7-23-11-1-3-13-15(9-11)18(22)14-4-2-12(24-8-6-20)10-16(14)17(13)21/h1-4,9-10H,5-8,19-20H2. The van der Waals surface area contributed by atoms with Crippen molar-refractivity contribution in [2.75, 3.05) is 26.3 Å². The lowest BCUT2D eigenvalue weighted by atomic mass is 9.84. The first-order valence-electron chi connectivity index (χ1n) is 7.69. The second-order valence-corrected chi connectivity index (χ2v) is 5.35. The van der Waals surface area contributed by atoms with Crippen molar-refractivity contribution in [3.05, 3.63) is 58.7 Å². The molecule has 0 atom stereocenters. The number of hydrogen-bond donors (Lipinski definition) is 2. The summed E-state index contributed by atoms with van der Waals surface area (Å²) in [5, 5.41) is 0. The first-order valence-corrected chi connectivity index (χ1v) is 7.69. The Labute approximate surface area is 139 Å². The van der Waals surface area contributed by atoms with Gasteiger partial charge in [-0.15, -0.1) is 0 Å². The van der Waals surface area contributed by atoms with Crippen molar-refractivity contribution in [1.82, 2.24) is 0 Å². The van der Waals surface area contributed by atoms with Crippen molar-refractivity contribution in [3.8, 4) is 11.5 Å². The van der Waals surface area contributed by atoms with Crippen LogP contribution in [-0.4, -0.2) is 37.9 Å². The zero-order chi connectivity index (χ0) is 17.1. The number of fused-ring (bicyclic) bond motifs is 2. The van der Waals surface area contributed by atoms with Gasteiger partial charge in [0.2, 0.25) is 0 Å². The van der Waals surface area contributed by atoms with Crippen LogP contribution in [-0.2, 0) is 0 Å². The van der Waals surface area contributed by atoms with Gasteiger partial charge in [-0.3, -0.25) is 9.59 Å². The fourth-order valence-corrected chi connectivity index (χ4v) is 2.64. The van der Waals surface area contributed by atoms with Crippen LogP contribution in [0.2, 0.25) is 0 Å². The highest BCUT2D eigenvalue weighted by molar-refractivity contribution is 6.28. The zero-order valence-corrected chi connectivity index (χ0v) is 13.1. The van der Waals surface area contributed by atoms with Gasteiger partial charge in [0.05, 0.1) is 0 Å². The van der Waals surface area contributed by atoms with Crippen LogP contribution >= 0.6 is 0 Å². The molecule has 3 rings (SSSR count). The minimum absolute atomic E-state index is 0.205. The highest BCUT2D eigenvalue weighted by Crippen LogP contribution is 2.31. The topological polar surface area (TPSA) is 105 Å². The number of rotatable bonds is 6. The van der Waals surface area contributed by atoms with Crippen molar-refractivity contribution in [2.45, 2.75) is 0 Å². The average Bonchev–Trinajstić information content (AvgIpc) is 2.62. The van der Waals surface area contributed by atoms with E-state index in [1.54, 1.807) is 36.4 Å². The summed E-state index contributed by atoms with van der Waals surface area (Å²) in [5.41, 5.74) is 12.2. The van der Waals surface area contributed by atoms with Crippen molar-refractivity contribution < 1.29 is 19.1 Å². The van der Waals surface area contributed by atoms with E-state index in [1.165, 1.54) is 0 Å². The van der Waals surface area contributed by atoms with Crippen LogP contribution in [0.5, 0.6) is 11.5 Å². The third-order valence-electron chi connectivity index (χ3n) is 3.73. The van der Waals surface area contributed by atoms with Crippen molar-refractivity contribution in [1.29, 1.82) is 0 Å². The van der Waals surface area contributed by atoms with E-state index in [4.69, 9.17) is 20.9 Å². The van der Waals surface area contributed by atoms with Gasteiger partial charge >= 0.3 is 0 Å². The summed E-state index contributed by atoms with van der Waals surface area (Å²) in [6, 6.07) is 9.73. The van der Waals surface area contributed by atoms with Gasteiger partial charge in [0.15, 0.2) is 11.6 Å². The van der Waals surface area contributed by atoms with E-state index in [0.29, 0.717) is 60.1 Å². The van der Waals surface area contributed by atoms with Crippen LogP contribution in [0, 0.1) is 0 Å². The molecule has 0 aromatic heterocycles. The van der Waals surface area contributed by atoms with Crippen LogP contribution in [0.3, 0.4) is 0 Å².